The number of rotatable bonds is 3. The zero-order valence-electron chi connectivity index (χ0n) is 13.3. The van der Waals surface area contributed by atoms with E-state index in [-0.39, 0.29) is 12.0 Å². The summed E-state index contributed by atoms with van der Waals surface area (Å²) in [5, 5.41) is 4.41. The SMILES string of the molecule is CCOC(=O)C1C2NC(=S)N(CC)C1(C)Oc1ccc(Cl)cc12. The maximum Gasteiger partial charge on any atom is 0.317 e. The molecule has 3 rings (SSSR count). The maximum absolute atomic E-state index is 12.6. The number of fused-ring (bicyclic) bond motifs is 4. The van der Waals surface area contributed by atoms with Gasteiger partial charge in [0.2, 0.25) is 0 Å². The molecule has 3 unspecified atom stereocenters. The van der Waals surface area contributed by atoms with Crippen LogP contribution in [0.3, 0.4) is 0 Å². The van der Waals surface area contributed by atoms with Crippen molar-refractivity contribution in [1.29, 1.82) is 0 Å². The van der Waals surface area contributed by atoms with E-state index >= 15 is 0 Å². The van der Waals surface area contributed by atoms with E-state index in [0.717, 1.165) is 5.56 Å². The number of carbonyl (C=O) groups is 1. The third-order valence-corrected chi connectivity index (χ3v) is 5.02. The number of nitrogens with one attached hydrogen (secondary N) is 1. The number of halogens is 1. The summed E-state index contributed by atoms with van der Waals surface area (Å²) in [5.74, 6) is -0.143. The summed E-state index contributed by atoms with van der Waals surface area (Å²) >= 11 is 11.6. The molecule has 1 N–H and O–H groups in total. The van der Waals surface area contributed by atoms with E-state index < -0.39 is 11.6 Å². The molecule has 23 heavy (non-hydrogen) atoms. The Kier molecular flexibility index (Phi) is 4.14. The van der Waals surface area contributed by atoms with E-state index in [1.165, 1.54) is 0 Å². The van der Waals surface area contributed by atoms with Crippen molar-refractivity contribution >= 4 is 34.9 Å². The Bertz CT molecular complexity index is 669. The van der Waals surface area contributed by atoms with Crippen LogP contribution in [-0.4, -0.2) is 34.9 Å². The van der Waals surface area contributed by atoms with Crippen LogP contribution >= 0.6 is 23.8 Å². The number of hydrogen-bond acceptors (Lipinski definition) is 4. The Balaban J connectivity index is 2.15. The first-order valence-corrected chi connectivity index (χ1v) is 8.44. The molecule has 1 saturated heterocycles. The van der Waals surface area contributed by atoms with E-state index in [1.54, 1.807) is 13.0 Å². The summed E-state index contributed by atoms with van der Waals surface area (Å²) < 4.78 is 11.5. The van der Waals surface area contributed by atoms with Gasteiger partial charge in [0.15, 0.2) is 10.8 Å². The smallest absolute Gasteiger partial charge is 0.317 e. The first kappa shape index (κ1) is 16.3. The quantitative estimate of drug-likeness (QED) is 0.665. The third-order valence-electron chi connectivity index (χ3n) is 4.45. The molecule has 2 aliphatic rings. The molecular formula is C16H19ClN2O3S. The second kappa shape index (κ2) is 5.83. The molecule has 0 aliphatic carbocycles. The van der Waals surface area contributed by atoms with Crippen LogP contribution in [0.25, 0.3) is 0 Å². The summed E-state index contributed by atoms with van der Waals surface area (Å²) in [6.07, 6.45) is 0. The van der Waals surface area contributed by atoms with E-state index in [4.69, 9.17) is 33.3 Å². The predicted octanol–water partition coefficient (Wildman–Crippen LogP) is 2.88. The number of hydrogen-bond donors (Lipinski definition) is 1. The summed E-state index contributed by atoms with van der Waals surface area (Å²) in [7, 11) is 0. The third kappa shape index (κ3) is 2.44. The molecule has 0 radical (unpaired) electrons. The van der Waals surface area contributed by atoms with Gasteiger partial charge in [-0.2, -0.15) is 0 Å². The lowest BCUT2D eigenvalue weighted by molar-refractivity contribution is -0.174. The normalized spacial score (nSPS) is 28.5. The minimum absolute atomic E-state index is 0.306. The van der Waals surface area contributed by atoms with Gasteiger partial charge in [0, 0.05) is 17.1 Å². The van der Waals surface area contributed by atoms with E-state index in [2.05, 4.69) is 5.32 Å². The van der Waals surface area contributed by atoms with Crippen LogP contribution in [0.15, 0.2) is 18.2 Å². The molecule has 0 saturated carbocycles. The van der Waals surface area contributed by atoms with Gasteiger partial charge in [0.1, 0.15) is 11.7 Å². The molecule has 0 spiro atoms. The highest BCUT2D eigenvalue weighted by atomic mass is 35.5. The van der Waals surface area contributed by atoms with Gasteiger partial charge in [-0.05, 0) is 51.2 Å². The van der Waals surface area contributed by atoms with Crippen molar-refractivity contribution in [3.8, 4) is 5.75 Å². The van der Waals surface area contributed by atoms with Gasteiger partial charge in [-0.15, -0.1) is 0 Å². The van der Waals surface area contributed by atoms with Crippen molar-refractivity contribution in [2.45, 2.75) is 32.5 Å². The Morgan fingerprint density at radius 1 is 1.52 bits per heavy atom. The zero-order valence-corrected chi connectivity index (χ0v) is 14.8. The lowest BCUT2D eigenvalue weighted by atomic mass is 9.79. The largest absolute Gasteiger partial charge is 0.467 e. The number of carbonyl (C=O) groups excluding carboxylic acids is 1. The van der Waals surface area contributed by atoms with Crippen molar-refractivity contribution in [2.24, 2.45) is 5.92 Å². The molecule has 2 aliphatic heterocycles. The van der Waals surface area contributed by atoms with Gasteiger partial charge in [0.25, 0.3) is 0 Å². The fourth-order valence-electron chi connectivity index (χ4n) is 3.47. The average Bonchev–Trinajstić information content (AvgIpc) is 2.48. The fraction of sp³-hybridized carbons (Fsp3) is 0.500. The highest BCUT2D eigenvalue weighted by Gasteiger charge is 2.58. The minimum Gasteiger partial charge on any atom is -0.467 e. The lowest BCUT2D eigenvalue weighted by Crippen LogP contribution is -2.71. The molecule has 5 nitrogen and oxygen atoms in total. The molecular weight excluding hydrogens is 336 g/mol. The van der Waals surface area contributed by atoms with Crippen LogP contribution in [0.2, 0.25) is 5.02 Å². The van der Waals surface area contributed by atoms with Gasteiger partial charge < -0.3 is 19.7 Å². The Hall–Kier alpha value is -1.53. The summed E-state index contributed by atoms with van der Waals surface area (Å²) in [5.41, 5.74) is -0.0689. The Morgan fingerprint density at radius 3 is 2.91 bits per heavy atom. The van der Waals surface area contributed by atoms with E-state index in [1.807, 2.05) is 30.9 Å². The number of nitrogens with zero attached hydrogens (tertiary/aromatic N) is 1. The van der Waals surface area contributed by atoms with Gasteiger partial charge >= 0.3 is 5.97 Å². The Morgan fingerprint density at radius 2 is 2.26 bits per heavy atom. The van der Waals surface area contributed by atoms with Crippen molar-refractivity contribution in [3.05, 3.63) is 28.8 Å². The standard InChI is InChI=1S/C16H19ClN2O3S/c1-4-19-15(23)18-13-10-8-9(17)6-7-11(10)22-16(19,3)12(13)14(20)21-5-2/h6-8,12-13H,4-5H2,1-3H3,(H,18,23). The molecule has 3 atom stereocenters. The molecule has 124 valence electrons. The van der Waals surface area contributed by atoms with Gasteiger partial charge in [0.05, 0.1) is 12.6 Å². The van der Waals surface area contributed by atoms with Gasteiger partial charge in [-0.25, -0.2) is 0 Å². The zero-order chi connectivity index (χ0) is 16.8. The van der Waals surface area contributed by atoms with Crippen LogP contribution < -0.4 is 10.1 Å². The van der Waals surface area contributed by atoms with Crippen molar-refractivity contribution in [1.82, 2.24) is 10.2 Å². The number of ether oxygens (including phenoxy) is 2. The first-order chi connectivity index (χ1) is 10.9. The van der Waals surface area contributed by atoms with Gasteiger partial charge in [-0.1, -0.05) is 11.6 Å². The monoisotopic (exact) mass is 354 g/mol. The van der Waals surface area contributed by atoms with E-state index in [0.29, 0.717) is 29.0 Å². The van der Waals surface area contributed by atoms with Crippen molar-refractivity contribution in [2.75, 3.05) is 13.2 Å². The van der Waals surface area contributed by atoms with Crippen LogP contribution in [-0.2, 0) is 9.53 Å². The van der Waals surface area contributed by atoms with Crippen LogP contribution in [0.4, 0.5) is 0 Å². The average molecular weight is 355 g/mol. The highest BCUT2D eigenvalue weighted by molar-refractivity contribution is 7.80. The Labute approximate surface area is 145 Å². The second-order valence-corrected chi connectivity index (χ2v) is 6.56. The summed E-state index contributed by atoms with van der Waals surface area (Å²) in [6, 6.07) is 5.09. The minimum atomic E-state index is -0.894. The van der Waals surface area contributed by atoms with Crippen molar-refractivity contribution < 1.29 is 14.3 Å². The molecule has 0 amide bonds. The van der Waals surface area contributed by atoms with Crippen LogP contribution in [0.1, 0.15) is 32.4 Å². The first-order valence-electron chi connectivity index (χ1n) is 7.65. The van der Waals surface area contributed by atoms with Crippen molar-refractivity contribution in [3.63, 3.8) is 0 Å². The second-order valence-electron chi connectivity index (χ2n) is 5.74. The predicted molar refractivity (Wildman–Crippen MR) is 91.5 cm³/mol. The maximum atomic E-state index is 12.6. The fourth-order valence-corrected chi connectivity index (χ4v) is 4.09. The van der Waals surface area contributed by atoms with E-state index in [9.17, 15) is 4.79 Å². The molecule has 7 heteroatoms. The molecule has 0 aromatic heterocycles. The van der Waals surface area contributed by atoms with Crippen LogP contribution in [0.5, 0.6) is 5.75 Å². The lowest BCUT2D eigenvalue weighted by Gasteiger charge is -2.55. The summed E-state index contributed by atoms with van der Waals surface area (Å²) in [4.78, 5) is 14.5. The molecule has 2 heterocycles. The molecule has 1 aromatic rings. The van der Waals surface area contributed by atoms with Crippen LogP contribution in [0, 0.1) is 5.92 Å². The molecule has 1 fully saturated rings. The van der Waals surface area contributed by atoms with Gasteiger partial charge in [-0.3, -0.25) is 4.79 Å². The number of thiocarbonyl (C=S) groups is 1. The summed E-state index contributed by atoms with van der Waals surface area (Å²) in [6.45, 7) is 6.59. The number of benzene rings is 1. The molecule has 2 bridgehead atoms. The number of esters is 1. The topological polar surface area (TPSA) is 50.8 Å². The highest BCUT2D eigenvalue weighted by Crippen LogP contribution is 2.49. The molecule has 1 aromatic carbocycles.